The Morgan fingerprint density at radius 1 is 0.946 bits per heavy atom. The van der Waals surface area contributed by atoms with Crippen molar-refractivity contribution in [2.24, 2.45) is 50.7 Å². The van der Waals surface area contributed by atoms with Gasteiger partial charge in [-0.2, -0.15) is 0 Å². The summed E-state index contributed by atoms with van der Waals surface area (Å²) in [6.45, 7) is 17.1. The topological polar surface area (TPSA) is 86.6 Å². The Labute approximate surface area is 224 Å². The summed E-state index contributed by atoms with van der Waals surface area (Å²) in [5.41, 5.74) is 2.86. The van der Waals surface area contributed by atoms with Gasteiger partial charge in [-0.05, 0) is 109 Å². The molecule has 0 unspecified atom stereocenters. The Bertz CT molecular complexity index is 1010. The Balaban J connectivity index is 1.56. The van der Waals surface area contributed by atoms with Gasteiger partial charge < -0.3 is 15.5 Å². The Kier molecular flexibility index (Phi) is 6.30. The lowest BCUT2D eigenvalue weighted by Crippen LogP contribution is -2.65. The first-order valence-corrected chi connectivity index (χ1v) is 15.1. The highest BCUT2D eigenvalue weighted by Crippen LogP contribution is 2.76. The van der Waals surface area contributed by atoms with E-state index in [-0.39, 0.29) is 39.1 Å². The number of nitrogens with one attached hydrogen (secondary N) is 1. The van der Waals surface area contributed by atoms with Gasteiger partial charge in [-0.15, -0.1) is 0 Å². The van der Waals surface area contributed by atoms with Gasteiger partial charge in [-0.3, -0.25) is 4.79 Å². The van der Waals surface area contributed by atoms with Gasteiger partial charge in [-0.25, -0.2) is 4.79 Å². The number of hydrogen-bond acceptors (Lipinski definition) is 3. The maximum Gasteiger partial charge on any atom is 0.404 e. The minimum atomic E-state index is -0.977. The summed E-state index contributed by atoms with van der Waals surface area (Å²) in [5.74, 6) is 2.10. The predicted molar refractivity (Wildman–Crippen MR) is 146 cm³/mol. The molecule has 5 nitrogen and oxygen atoms in total. The lowest BCUT2D eigenvalue weighted by atomic mass is 9.33. The van der Waals surface area contributed by atoms with Gasteiger partial charge in [0.15, 0.2) is 5.78 Å². The molecular weight excluding hydrogens is 462 g/mol. The van der Waals surface area contributed by atoms with E-state index in [1.165, 1.54) is 24.8 Å². The van der Waals surface area contributed by atoms with Crippen molar-refractivity contribution in [1.82, 2.24) is 5.32 Å². The molecule has 0 radical (unpaired) electrons. The second kappa shape index (κ2) is 8.57. The zero-order valence-corrected chi connectivity index (χ0v) is 24.4. The van der Waals surface area contributed by atoms with Crippen LogP contribution in [0.2, 0.25) is 0 Å². The number of ketones is 1. The highest BCUT2D eigenvalue weighted by molar-refractivity contribution is 6.00. The second-order valence-corrected chi connectivity index (χ2v) is 15.3. The van der Waals surface area contributed by atoms with Gasteiger partial charge >= 0.3 is 6.09 Å². The third kappa shape index (κ3) is 3.57. The number of aliphatic hydroxyl groups is 1. The SMILES string of the molecule is CC(C)C1=C2[C@H]3CC[C@@H]4[C@@]5(C)CC[C@H](O)C(C)(C)[C@@H]5CC[C@@]4(C)[C@]3(C)CC[C@@]2(CCNC(=O)O)CC1=O. The zero-order chi connectivity index (χ0) is 27.2. The molecule has 4 saturated carbocycles. The van der Waals surface area contributed by atoms with E-state index in [9.17, 15) is 19.8 Å². The minimum Gasteiger partial charge on any atom is -0.465 e. The molecule has 5 aliphatic rings. The van der Waals surface area contributed by atoms with Crippen molar-refractivity contribution in [3.8, 4) is 0 Å². The lowest BCUT2D eigenvalue weighted by Gasteiger charge is -2.72. The fraction of sp³-hybridized carbons (Fsp3) is 0.875. The van der Waals surface area contributed by atoms with Gasteiger partial charge in [0.2, 0.25) is 0 Å². The summed E-state index contributed by atoms with van der Waals surface area (Å²) in [7, 11) is 0. The van der Waals surface area contributed by atoms with Gasteiger partial charge in [0.05, 0.1) is 6.10 Å². The first-order valence-electron chi connectivity index (χ1n) is 15.1. The Morgan fingerprint density at radius 2 is 1.65 bits per heavy atom. The number of allylic oxidation sites excluding steroid dienone is 2. The summed E-state index contributed by atoms with van der Waals surface area (Å²) >= 11 is 0. The van der Waals surface area contributed by atoms with Crippen LogP contribution in [-0.2, 0) is 4.79 Å². The Hall–Kier alpha value is -1.36. The van der Waals surface area contributed by atoms with Crippen LogP contribution in [0.4, 0.5) is 4.79 Å². The average molecular weight is 514 g/mol. The molecule has 0 heterocycles. The summed E-state index contributed by atoms with van der Waals surface area (Å²) in [4.78, 5) is 24.8. The number of aliphatic hydroxyl groups excluding tert-OH is 1. The zero-order valence-electron chi connectivity index (χ0n) is 24.4. The van der Waals surface area contributed by atoms with Crippen molar-refractivity contribution in [2.45, 2.75) is 119 Å². The molecule has 4 fully saturated rings. The second-order valence-electron chi connectivity index (χ2n) is 15.3. The van der Waals surface area contributed by atoms with E-state index >= 15 is 0 Å². The summed E-state index contributed by atoms with van der Waals surface area (Å²) in [5, 5.41) is 22.8. The number of amides is 1. The summed E-state index contributed by atoms with van der Waals surface area (Å²) in [6, 6.07) is 0. The average Bonchev–Trinajstić information content (AvgIpc) is 3.09. The van der Waals surface area contributed by atoms with Crippen LogP contribution < -0.4 is 5.32 Å². The molecule has 0 spiro atoms. The van der Waals surface area contributed by atoms with Crippen LogP contribution in [-0.4, -0.2) is 34.7 Å². The quantitative estimate of drug-likeness (QED) is 0.378. The molecule has 0 aromatic rings. The molecule has 37 heavy (non-hydrogen) atoms. The first-order chi connectivity index (χ1) is 17.1. The molecule has 208 valence electrons. The smallest absolute Gasteiger partial charge is 0.404 e. The number of carbonyl (C=O) groups excluding carboxylic acids is 1. The molecule has 0 bridgehead atoms. The van der Waals surface area contributed by atoms with Gasteiger partial charge in [0, 0.05) is 18.4 Å². The van der Waals surface area contributed by atoms with Crippen LogP contribution >= 0.6 is 0 Å². The van der Waals surface area contributed by atoms with Crippen molar-refractivity contribution in [1.29, 1.82) is 0 Å². The predicted octanol–water partition coefficient (Wildman–Crippen LogP) is 6.99. The molecule has 5 heteroatoms. The standard InChI is InChI=1S/C32H51NO4/c1-19(2)25-21(34)18-32(16-17-33-27(36)37)15-14-30(6)20(26(25)32)8-9-23-29(5)12-11-24(35)28(3,4)22(29)10-13-31(23,30)7/h19-20,22-24,33,35H,8-18H2,1-7H3,(H,36,37)/t20-,22+,23-,24+,29+,30-,31-,32-/m1/s1. The lowest BCUT2D eigenvalue weighted by molar-refractivity contribution is -0.228. The third-order valence-electron chi connectivity index (χ3n) is 13.4. The maximum absolute atomic E-state index is 13.5. The van der Waals surface area contributed by atoms with E-state index in [1.54, 1.807) is 0 Å². The van der Waals surface area contributed by atoms with Crippen molar-refractivity contribution < 1.29 is 19.8 Å². The highest BCUT2D eigenvalue weighted by Gasteiger charge is 2.69. The molecular formula is C32H51NO4. The first kappa shape index (κ1) is 27.2. The molecule has 0 saturated heterocycles. The van der Waals surface area contributed by atoms with Crippen LogP contribution in [0.25, 0.3) is 0 Å². The molecule has 0 aromatic heterocycles. The molecule has 0 aliphatic heterocycles. The molecule has 8 atom stereocenters. The summed E-state index contributed by atoms with van der Waals surface area (Å²) in [6.07, 6.45) is 8.95. The largest absolute Gasteiger partial charge is 0.465 e. The van der Waals surface area contributed by atoms with E-state index in [4.69, 9.17) is 0 Å². The summed E-state index contributed by atoms with van der Waals surface area (Å²) < 4.78 is 0. The minimum absolute atomic E-state index is 0.0455. The van der Waals surface area contributed by atoms with Crippen molar-refractivity contribution >= 4 is 11.9 Å². The van der Waals surface area contributed by atoms with Gasteiger partial charge in [-0.1, -0.05) is 54.0 Å². The number of carboxylic acid groups (broad SMARTS) is 1. The molecule has 1 amide bonds. The number of rotatable bonds is 4. The third-order valence-corrected chi connectivity index (χ3v) is 13.4. The van der Waals surface area contributed by atoms with E-state index in [0.29, 0.717) is 36.5 Å². The van der Waals surface area contributed by atoms with E-state index < -0.39 is 6.09 Å². The number of carbonyl (C=O) groups is 2. The van der Waals surface area contributed by atoms with Crippen molar-refractivity contribution in [3.63, 3.8) is 0 Å². The van der Waals surface area contributed by atoms with Crippen molar-refractivity contribution in [2.75, 3.05) is 6.54 Å². The highest BCUT2D eigenvalue weighted by atomic mass is 16.4. The number of hydrogen-bond donors (Lipinski definition) is 3. The van der Waals surface area contributed by atoms with Crippen LogP contribution in [0.3, 0.4) is 0 Å². The molecule has 5 rings (SSSR count). The fourth-order valence-electron chi connectivity index (χ4n) is 11.4. The number of fused-ring (bicyclic) bond motifs is 7. The van der Waals surface area contributed by atoms with Gasteiger partial charge in [0.1, 0.15) is 0 Å². The fourth-order valence-corrected chi connectivity index (χ4v) is 11.4. The van der Waals surface area contributed by atoms with Crippen molar-refractivity contribution in [3.05, 3.63) is 11.1 Å². The molecule has 3 N–H and O–H groups in total. The van der Waals surface area contributed by atoms with Crippen LogP contribution in [0.15, 0.2) is 11.1 Å². The monoisotopic (exact) mass is 513 g/mol. The molecule has 5 aliphatic carbocycles. The van der Waals surface area contributed by atoms with E-state index in [1.807, 2.05) is 0 Å². The van der Waals surface area contributed by atoms with Crippen LogP contribution in [0, 0.1) is 50.7 Å². The van der Waals surface area contributed by atoms with Crippen LogP contribution in [0.1, 0.15) is 113 Å². The van der Waals surface area contributed by atoms with Gasteiger partial charge in [0.25, 0.3) is 0 Å². The molecule has 0 aromatic carbocycles. The number of Topliss-reactive ketones (excluding diaryl/α,β-unsaturated/α-hetero) is 1. The normalized spacial score (nSPS) is 46.7. The maximum atomic E-state index is 13.5. The Morgan fingerprint density at radius 3 is 2.30 bits per heavy atom. The van der Waals surface area contributed by atoms with E-state index in [0.717, 1.165) is 44.1 Å². The van der Waals surface area contributed by atoms with E-state index in [2.05, 4.69) is 53.8 Å². The van der Waals surface area contributed by atoms with Crippen LogP contribution in [0.5, 0.6) is 0 Å².